The molecule has 0 spiro atoms. The van der Waals surface area contributed by atoms with E-state index in [0.29, 0.717) is 0 Å². The van der Waals surface area contributed by atoms with Crippen LogP contribution in [0, 0.1) is 25.7 Å². The van der Waals surface area contributed by atoms with E-state index in [4.69, 9.17) is 0 Å². The van der Waals surface area contributed by atoms with Crippen LogP contribution in [0.15, 0.2) is 18.2 Å². The van der Waals surface area contributed by atoms with Gasteiger partial charge >= 0.3 is 0 Å². The summed E-state index contributed by atoms with van der Waals surface area (Å²) in [5, 5.41) is 0. The van der Waals surface area contributed by atoms with Crippen LogP contribution in [0.2, 0.25) is 0 Å². The fourth-order valence-electron chi connectivity index (χ4n) is 3.88. The van der Waals surface area contributed by atoms with Crippen LogP contribution in [-0.4, -0.2) is 0 Å². The van der Waals surface area contributed by atoms with Crippen LogP contribution in [-0.2, 0) is 0 Å². The van der Waals surface area contributed by atoms with Crippen molar-refractivity contribution >= 4 is 0 Å². The van der Waals surface area contributed by atoms with E-state index < -0.39 is 0 Å². The lowest BCUT2D eigenvalue weighted by atomic mass is 9.82. The normalized spacial score (nSPS) is 33.6. The highest BCUT2D eigenvalue weighted by molar-refractivity contribution is 5.32. The summed E-state index contributed by atoms with van der Waals surface area (Å²) < 4.78 is 0. The molecule has 2 aliphatic rings. The third-order valence-corrected chi connectivity index (χ3v) is 4.41. The summed E-state index contributed by atoms with van der Waals surface area (Å²) in [6.07, 6.45) is 5.97. The van der Waals surface area contributed by atoms with Crippen LogP contribution >= 0.6 is 0 Å². The van der Waals surface area contributed by atoms with Gasteiger partial charge in [-0.05, 0) is 56.4 Å². The number of rotatable bonds is 1. The van der Waals surface area contributed by atoms with E-state index in [1.165, 1.54) is 36.8 Å². The lowest BCUT2D eigenvalue weighted by Gasteiger charge is -2.22. The molecule has 2 fully saturated rings. The van der Waals surface area contributed by atoms with E-state index in [9.17, 15) is 0 Å². The Morgan fingerprint density at radius 1 is 0.933 bits per heavy atom. The average molecular weight is 200 g/mol. The van der Waals surface area contributed by atoms with Crippen molar-refractivity contribution in [3.8, 4) is 0 Å². The lowest BCUT2D eigenvalue weighted by Crippen LogP contribution is -2.08. The molecule has 80 valence electrons. The van der Waals surface area contributed by atoms with Gasteiger partial charge in [0, 0.05) is 0 Å². The zero-order valence-corrected chi connectivity index (χ0v) is 9.79. The fraction of sp³-hybridized carbons (Fsp3) is 0.600. The maximum Gasteiger partial charge on any atom is -0.0131 e. The monoisotopic (exact) mass is 200 g/mol. The van der Waals surface area contributed by atoms with E-state index in [-0.39, 0.29) is 0 Å². The van der Waals surface area contributed by atoms with Crippen molar-refractivity contribution < 1.29 is 0 Å². The molecule has 2 aliphatic carbocycles. The quantitative estimate of drug-likeness (QED) is 0.637. The highest BCUT2D eigenvalue weighted by Gasteiger charge is 2.39. The Bertz CT molecular complexity index is 357. The maximum atomic E-state index is 2.42. The summed E-state index contributed by atoms with van der Waals surface area (Å²) in [7, 11) is 0. The first-order chi connectivity index (χ1) is 7.22. The molecule has 0 radical (unpaired) electrons. The maximum absolute atomic E-state index is 2.42. The molecule has 2 saturated carbocycles. The van der Waals surface area contributed by atoms with Gasteiger partial charge in [0.15, 0.2) is 0 Å². The third kappa shape index (κ3) is 1.60. The van der Waals surface area contributed by atoms with Crippen LogP contribution in [0.25, 0.3) is 0 Å². The Morgan fingerprint density at radius 3 is 2.20 bits per heavy atom. The van der Waals surface area contributed by atoms with Crippen molar-refractivity contribution in [1.82, 2.24) is 0 Å². The Kier molecular flexibility index (Phi) is 2.12. The first-order valence-corrected chi connectivity index (χ1v) is 6.30. The number of aryl methyl sites for hydroxylation is 2. The predicted octanol–water partition coefficient (Wildman–Crippen LogP) is 4.21. The van der Waals surface area contributed by atoms with E-state index in [2.05, 4.69) is 32.0 Å². The molecular weight excluding hydrogens is 180 g/mol. The van der Waals surface area contributed by atoms with E-state index in [1.807, 2.05) is 0 Å². The third-order valence-electron chi connectivity index (χ3n) is 4.41. The summed E-state index contributed by atoms with van der Waals surface area (Å²) in [6.45, 7) is 4.45. The molecule has 0 aromatic heterocycles. The molecule has 1 aromatic carbocycles. The zero-order valence-electron chi connectivity index (χ0n) is 9.79. The minimum absolute atomic E-state index is 0.891. The lowest BCUT2D eigenvalue weighted by molar-refractivity contribution is 0.420. The summed E-state index contributed by atoms with van der Waals surface area (Å²) >= 11 is 0. The molecule has 3 atom stereocenters. The predicted molar refractivity (Wildman–Crippen MR) is 64.1 cm³/mol. The molecular formula is C15H20. The first-order valence-electron chi connectivity index (χ1n) is 6.30. The molecule has 1 aromatic rings. The van der Waals surface area contributed by atoms with Crippen LogP contribution in [0.1, 0.15) is 48.3 Å². The van der Waals surface area contributed by atoms with Gasteiger partial charge in [-0.2, -0.15) is 0 Å². The van der Waals surface area contributed by atoms with Crippen LogP contribution < -0.4 is 0 Å². The first kappa shape index (κ1) is 9.45. The number of hydrogen-bond donors (Lipinski definition) is 0. The standard InChI is InChI=1S/C15H20/c1-10-5-11(2)7-14(6-10)15-9-12-3-4-13(15)8-12/h5-7,12-13,15H,3-4,8-9H2,1-2H3/t12-,13+,15+/m1/s1. The number of benzene rings is 1. The highest BCUT2D eigenvalue weighted by atomic mass is 14.4. The minimum atomic E-state index is 0.891. The second-order valence-corrected chi connectivity index (χ2v) is 5.70. The van der Waals surface area contributed by atoms with Crippen LogP contribution in [0.3, 0.4) is 0 Å². The summed E-state index contributed by atoms with van der Waals surface area (Å²) in [5.41, 5.74) is 4.50. The van der Waals surface area contributed by atoms with Gasteiger partial charge in [-0.15, -0.1) is 0 Å². The van der Waals surface area contributed by atoms with E-state index in [0.717, 1.165) is 17.8 Å². The zero-order chi connectivity index (χ0) is 10.4. The SMILES string of the molecule is Cc1cc(C)cc([C@H]2C[C@@H]3CC[C@H]2C3)c1. The van der Waals surface area contributed by atoms with Crippen LogP contribution in [0.4, 0.5) is 0 Å². The van der Waals surface area contributed by atoms with Gasteiger partial charge < -0.3 is 0 Å². The summed E-state index contributed by atoms with van der Waals surface area (Å²) in [5.74, 6) is 2.96. The van der Waals surface area contributed by atoms with Gasteiger partial charge in [-0.3, -0.25) is 0 Å². The van der Waals surface area contributed by atoms with E-state index in [1.54, 1.807) is 5.56 Å². The van der Waals surface area contributed by atoms with Crippen molar-refractivity contribution in [2.45, 2.75) is 45.4 Å². The highest BCUT2D eigenvalue weighted by Crippen LogP contribution is 2.52. The number of fused-ring (bicyclic) bond motifs is 2. The Labute approximate surface area is 92.7 Å². The van der Waals surface area contributed by atoms with Gasteiger partial charge in [0.1, 0.15) is 0 Å². The van der Waals surface area contributed by atoms with Gasteiger partial charge in [0.05, 0.1) is 0 Å². The largest absolute Gasteiger partial charge is 0.0564 e. The Morgan fingerprint density at radius 2 is 1.67 bits per heavy atom. The molecule has 0 heterocycles. The molecule has 0 unspecified atom stereocenters. The van der Waals surface area contributed by atoms with Crippen molar-refractivity contribution in [2.24, 2.45) is 11.8 Å². The molecule has 2 bridgehead atoms. The van der Waals surface area contributed by atoms with Gasteiger partial charge in [0.2, 0.25) is 0 Å². The molecule has 0 amide bonds. The molecule has 0 N–H and O–H groups in total. The van der Waals surface area contributed by atoms with Gasteiger partial charge in [-0.1, -0.05) is 35.7 Å². The molecule has 0 heteroatoms. The average Bonchev–Trinajstić information content (AvgIpc) is 2.76. The van der Waals surface area contributed by atoms with Crippen molar-refractivity contribution in [1.29, 1.82) is 0 Å². The second kappa shape index (κ2) is 3.37. The summed E-state index contributed by atoms with van der Waals surface area (Å²) in [4.78, 5) is 0. The fourth-order valence-corrected chi connectivity index (χ4v) is 3.88. The molecule has 0 saturated heterocycles. The van der Waals surface area contributed by atoms with Crippen molar-refractivity contribution in [2.75, 3.05) is 0 Å². The van der Waals surface area contributed by atoms with Crippen molar-refractivity contribution in [3.05, 3.63) is 34.9 Å². The molecule has 0 nitrogen and oxygen atoms in total. The van der Waals surface area contributed by atoms with E-state index >= 15 is 0 Å². The van der Waals surface area contributed by atoms with Crippen LogP contribution in [0.5, 0.6) is 0 Å². The van der Waals surface area contributed by atoms with Gasteiger partial charge in [-0.25, -0.2) is 0 Å². The van der Waals surface area contributed by atoms with Crippen molar-refractivity contribution in [3.63, 3.8) is 0 Å². The minimum Gasteiger partial charge on any atom is -0.0564 e. The van der Waals surface area contributed by atoms with Gasteiger partial charge in [0.25, 0.3) is 0 Å². The topological polar surface area (TPSA) is 0 Å². The number of hydrogen-bond acceptors (Lipinski definition) is 0. The molecule has 15 heavy (non-hydrogen) atoms. The smallest absolute Gasteiger partial charge is 0.0131 e. The molecule has 3 rings (SSSR count). The molecule has 0 aliphatic heterocycles. The Balaban J connectivity index is 1.93. The Hall–Kier alpha value is -0.780. The second-order valence-electron chi connectivity index (χ2n) is 5.70. The summed E-state index contributed by atoms with van der Waals surface area (Å²) in [6, 6.07) is 7.12.